The molecule has 50 valence electrons. The predicted molar refractivity (Wildman–Crippen MR) is 45.3 cm³/mol. The van der Waals surface area contributed by atoms with Crippen LogP contribution >= 0.6 is 11.8 Å². The summed E-state index contributed by atoms with van der Waals surface area (Å²) in [6.07, 6.45) is 6.73. The summed E-state index contributed by atoms with van der Waals surface area (Å²) < 4.78 is 0.285. The Balaban J connectivity index is 3.54. The van der Waals surface area contributed by atoms with Crippen LogP contribution in [0.4, 0.5) is 0 Å². The molecule has 0 amide bonds. The Morgan fingerprint density at radius 3 is 2.33 bits per heavy atom. The lowest BCUT2D eigenvalue weighted by Gasteiger charge is -2.13. The SMILES string of the molecule is C#C/C=C\SC(C)(C)C. The van der Waals surface area contributed by atoms with Crippen molar-refractivity contribution in [3.05, 3.63) is 11.5 Å². The molecular weight excluding hydrogens is 128 g/mol. The minimum Gasteiger partial charge on any atom is -0.127 e. The lowest BCUT2D eigenvalue weighted by molar-refractivity contribution is 0.808. The van der Waals surface area contributed by atoms with Crippen LogP contribution in [-0.2, 0) is 0 Å². The van der Waals surface area contributed by atoms with E-state index in [-0.39, 0.29) is 4.75 Å². The second-order valence-corrected chi connectivity index (χ2v) is 4.43. The highest BCUT2D eigenvalue weighted by Crippen LogP contribution is 2.23. The molecule has 0 aliphatic carbocycles. The van der Waals surface area contributed by atoms with Gasteiger partial charge in [-0.3, -0.25) is 0 Å². The van der Waals surface area contributed by atoms with Crippen LogP contribution in [0, 0.1) is 12.3 Å². The number of hydrogen-bond donors (Lipinski definition) is 0. The van der Waals surface area contributed by atoms with Crippen molar-refractivity contribution in [2.24, 2.45) is 0 Å². The number of terminal acetylenes is 1. The van der Waals surface area contributed by atoms with E-state index < -0.39 is 0 Å². The van der Waals surface area contributed by atoms with E-state index in [1.54, 1.807) is 17.8 Å². The molecule has 0 nitrogen and oxygen atoms in total. The van der Waals surface area contributed by atoms with Crippen LogP contribution in [0.1, 0.15) is 20.8 Å². The average Bonchev–Trinajstić information content (AvgIpc) is 1.63. The Bertz CT molecular complexity index is 132. The molecule has 0 aromatic heterocycles. The quantitative estimate of drug-likeness (QED) is 0.505. The molecular formula is C8H12S. The number of thioether (sulfide) groups is 1. The predicted octanol–water partition coefficient (Wildman–Crippen LogP) is 2.67. The van der Waals surface area contributed by atoms with Crippen molar-refractivity contribution in [3.63, 3.8) is 0 Å². The summed E-state index contributed by atoms with van der Waals surface area (Å²) in [7, 11) is 0. The molecule has 0 rings (SSSR count). The fourth-order valence-electron chi connectivity index (χ4n) is 0.277. The van der Waals surface area contributed by atoms with Crippen molar-refractivity contribution in [1.82, 2.24) is 0 Å². The fourth-order valence-corrected chi connectivity index (χ4v) is 0.832. The van der Waals surface area contributed by atoms with Crippen molar-refractivity contribution >= 4 is 11.8 Å². The number of hydrogen-bond acceptors (Lipinski definition) is 1. The number of allylic oxidation sites excluding steroid dienone is 1. The van der Waals surface area contributed by atoms with Crippen LogP contribution in [-0.4, -0.2) is 4.75 Å². The highest BCUT2D eigenvalue weighted by Gasteiger charge is 2.06. The summed E-state index contributed by atoms with van der Waals surface area (Å²) in [6.45, 7) is 6.45. The van der Waals surface area contributed by atoms with E-state index in [2.05, 4.69) is 26.7 Å². The average molecular weight is 140 g/mol. The molecule has 0 aromatic rings. The third-order valence-corrected chi connectivity index (χ3v) is 1.57. The van der Waals surface area contributed by atoms with Crippen LogP contribution in [0.25, 0.3) is 0 Å². The molecule has 0 fully saturated rings. The van der Waals surface area contributed by atoms with E-state index in [0.717, 1.165) is 0 Å². The normalized spacial score (nSPS) is 11.8. The van der Waals surface area contributed by atoms with Crippen LogP contribution in [0.3, 0.4) is 0 Å². The highest BCUT2D eigenvalue weighted by molar-refractivity contribution is 8.03. The second kappa shape index (κ2) is 3.63. The van der Waals surface area contributed by atoms with Gasteiger partial charge >= 0.3 is 0 Å². The summed E-state index contributed by atoms with van der Waals surface area (Å²) in [5.74, 6) is 2.44. The molecule has 0 aliphatic rings. The Morgan fingerprint density at radius 2 is 2.00 bits per heavy atom. The van der Waals surface area contributed by atoms with Crippen molar-refractivity contribution in [2.75, 3.05) is 0 Å². The van der Waals surface area contributed by atoms with Crippen LogP contribution < -0.4 is 0 Å². The molecule has 0 N–H and O–H groups in total. The molecule has 0 unspecified atom stereocenters. The van der Waals surface area contributed by atoms with Crippen LogP contribution in [0.5, 0.6) is 0 Å². The monoisotopic (exact) mass is 140 g/mol. The third-order valence-electron chi connectivity index (χ3n) is 0.586. The molecule has 0 radical (unpaired) electrons. The first-order valence-electron chi connectivity index (χ1n) is 2.85. The minimum absolute atomic E-state index is 0.285. The van der Waals surface area contributed by atoms with Crippen molar-refractivity contribution < 1.29 is 0 Å². The minimum atomic E-state index is 0.285. The molecule has 9 heavy (non-hydrogen) atoms. The Morgan fingerprint density at radius 1 is 1.44 bits per heavy atom. The fraction of sp³-hybridized carbons (Fsp3) is 0.500. The van der Waals surface area contributed by atoms with Crippen molar-refractivity contribution in [3.8, 4) is 12.3 Å². The van der Waals surface area contributed by atoms with E-state index in [9.17, 15) is 0 Å². The summed E-state index contributed by atoms with van der Waals surface area (Å²) >= 11 is 1.74. The zero-order valence-corrected chi connectivity index (χ0v) is 6.96. The molecule has 0 aliphatic heterocycles. The van der Waals surface area contributed by atoms with Gasteiger partial charge in [0.25, 0.3) is 0 Å². The first kappa shape index (κ1) is 8.65. The van der Waals surface area contributed by atoms with Crippen molar-refractivity contribution in [1.29, 1.82) is 0 Å². The summed E-state index contributed by atoms with van der Waals surface area (Å²) in [5, 5.41) is 1.94. The summed E-state index contributed by atoms with van der Waals surface area (Å²) in [4.78, 5) is 0. The van der Waals surface area contributed by atoms with Gasteiger partial charge in [-0.25, -0.2) is 0 Å². The molecule has 0 bridgehead atoms. The first-order chi connectivity index (χ1) is 4.06. The van der Waals surface area contributed by atoms with Crippen LogP contribution in [0.15, 0.2) is 11.5 Å². The largest absolute Gasteiger partial charge is 0.127 e. The topological polar surface area (TPSA) is 0 Å². The maximum absolute atomic E-state index is 5.01. The lowest BCUT2D eigenvalue weighted by atomic mass is 10.3. The number of rotatable bonds is 1. The van der Waals surface area contributed by atoms with E-state index in [1.807, 2.05) is 5.41 Å². The van der Waals surface area contributed by atoms with Gasteiger partial charge in [-0.15, -0.1) is 18.2 Å². The van der Waals surface area contributed by atoms with Gasteiger partial charge in [0.1, 0.15) is 0 Å². The molecule has 0 atom stereocenters. The van der Waals surface area contributed by atoms with Gasteiger partial charge in [0, 0.05) is 4.75 Å². The smallest absolute Gasteiger partial charge is 0.0117 e. The van der Waals surface area contributed by atoms with Gasteiger partial charge in [-0.05, 0) is 11.5 Å². The van der Waals surface area contributed by atoms with Gasteiger partial charge < -0.3 is 0 Å². The third kappa shape index (κ3) is 7.65. The maximum Gasteiger partial charge on any atom is 0.0117 e. The maximum atomic E-state index is 5.01. The second-order valence-electron chi connectivity index (χ2n) is 2.70. The first-order valence-corrected chi connectivity index (χ1v) is 3.73. The van der Waals surface area contributed by atoms with Gasteiger partial charge in [-0.2, -0.15) is 0 Å². The van der Waals surface area contributed by atoms with Gasteiger partial charge in [0.05, 0.1) is 0 Å². The lowest BCUT2D eigenvalue weighted by Crippen LogP contribution is -2.04. The molecule has 1 heteroatoms. The van der Waals surface area contributed by atoms with E-state index in [4.69, 9.17) is 6.42 Å². The van der Waals surface area contributed by atoms with Gasteiger partial charge in [0.15, 0.2) is 0 Å². The molecule has 0 saturated carbocycles. The van der Waals surface area contributed by atoms with E-state index >= 15 is 0 Å². The highest BCUT2D eigenvalue weighted by atomic mass is 32.2. The molecule has 0 heterocycles. The van der Waals surface area contributed by atoms with E-state index in [0.29, 0.717) is 0 Å². The van der Waals surface area contributed by atoms with Crippen molar-refractivity contribution in [2.45, 2.75) is 25.5 Å². The molecule has 0 saturated heterocycles. The van der Waals surface area contributed by atoms with Gasteiger partial charge in [0.2, 0.25) is 0 Å². The zero-order valence-electron chi connectivity index (χ0n) is 6.14. The van der Waals surface area contributed by atoms with Gasteiger partial charge in [-0.1, -0.05) is 26.7 Å². The Hall–Kier alpha value is -0.350. The Labute approximate surface area is 61.7 Å². The zero-order chi connectivity index (χ0) is 7.33. The summed E-state index contributed by atoms with van der Waals surface area (Å²) in [5.41, 5.74) is 0. The molecule has 0 aromatic carbocycles. The summed E-state index contributed by atoms with van der Waals surface area (Å²) in [6, 6.07) is 0. The standard InChI is InChI=1S/C8H12S/c1-5-6-7-9-8(2,3)4/h1,6-7H,2-4H3/b7-6-. The molecule has 0 spiro atoms. The Kier molecular flexibility index (Phi) is 3.49. The van der Waals surface area contributed by atoms with Crippen LogP contribution in [0.2, 0.25) is 0 Å². The van der Waals surface area contributed by atoms with E-state index in [1.165, 1.54) is 0 Å².